The van der Waals surface area contributed by atoms with Gasteiger partial charge in [-0.1, -0.05) is 13.3 Å². The lowest BCUT2D eigenvalue weighted by Crippen LogP contribution is -2.48. The Kier molecular flexibility index (Phi) is 7.03. The summed E-state index contributed by atoms with van der Waals surface area (Å²) in [5.41, 5.74) is 1.63. The monoisotopic (exact) mass is 490 g/mol. The molecule has 1 aliphatic heterocycles. The fourth-order valence-corrected chi connectivity index (χ4v) is 5.62. The molecule has 2 aromatic heterocycles. The first-order valence-electron chi connectivity index (χ1n) is 11.4. The highest BCUT2D eigenvalue weighted by Gasteiger charge is 2.29. The molecular formula is C22H30N6O5S. The minimum Gasteiger partial charge on any atom is -0.493 e. The summed E-state index contributed by atoms with van der Waals surface area (Å²) in [5, 5.41) is 13.7. The number of hydrogen-bond donors (Lipinski definition) is 2. The van der Waals surface area contributed by atoms with E-state index in [9.17, 15) is 18.3 Å². The van der Waals surface area contributed by atoms with Crippen LogP contribution >= 0.6 is 0 Å². The van der Waals surface area contributed by atoms with Gasteiger partial charge >= 0.3 is 0 Å². The van der Waals surface area contributed by atoms with Crippen LogP contribution in [0.4, 0.5) is 0 Å². The number of hydrogen-bond acceptors (Lipinski definition) is 8. The number of sulfonamides is 1. The average molecular weight is 491 g/mol. The zero-order valence-corrected chi connectivity index (χ0v) is 20.4. The Morgan fingerprint density at radius 2 is 1.91 bits per heavy atom. The van der Waals surface area contributed by atoms with Crippen molar-refractivity contribution < 1.29 is 18.3 Å². The van der Waals surface area contributed by atoms with Gasteiger partial charge in [0.1, 0.15) is 17.1 Å². The van der Waals surface area contributed by atoms with E-state index in [1.54, 1.807) is 18.0 Å². The maximum absolute atomic E-state index is 13.4. The minimum atomic E-state index is -3.79. The highest BCUT2D eigenvalue weighted by molar-refractivity contribution is 7.89. The number of aliphatic hydroxyl groups is 1. The zero-order valence-electron chi connectivity index (χ0n) is 19.6. The molecule has 1 saturated heterocycles. The van der Waals surface area contributed by atoms with Gasteiger partial charge < -0.3 is 14.8 Å². The zero-order chi connectivity index (χ0) is 24.5. The lowest BCUT2D eigenvalue weighted by molar-refractivity contribution is 0.0769. The van der Waals surface area contributed by atoms with Crippen LogP contribution in [0.3, 0.4) is 0 Å². The van der Waals surface area contributed by atoms with Crippen LogP contribution in [0, 0.1) is 0 Å². The molecule has 1 fully saturated rings. The van der Waals surface area contributed by atoms with Crippen molar-refractivity contribution in [3.8, 4) is 17.1 Å². The van der Waals surface area contributed by atoms with Crippen molar-refractivity contribution in [3.63, 3.8) is 0 Å². The van der Waals surface area contributed by atoms with E-state index in [0.717, 1.165) is 12.1 Å². The van der Waals surface area contributed by atoms with Gasteiger partial charge in [0, 0.05) is 33.2 Å². The highest BCUT2D eigenvalue weighted by Crippen LogP contribution is 2.32. The maximum atomic E-state index is 13.4. The molecule has 12 heteroatoms. The lowest BCUT2D eigenvalue weighted by atomic mass is 10.1. The highest BCUT2D eigenvalue weighted by atomic mass is 32.2. The molecule has 0 radical (unpaired) electrons. The van der Waals surface area contributed by atoms with E-state index in [4.69, 9.17) is 4.74 Å². The molecule has 34 heavy (non-hydrogen) atoms. The molecule has 1 aliphatic rings. The van der Waals surface area contributed by atoms with E-state index >= 15 is 0 Å². The molecule has 1 aromatic carbocycles. The Morgan fingerprint density at radius 1 is 1.18 bits per heavy atom. The standard InChI is InChI=1S/C22H30N6O5S/c1-4-6-17-19-20(26(3)25-17)22(30)24-21(23-19)16-13-15(7-8-18(16)33-5-2)34(31,32)28-11-9-27(14-29)10-12-28/h7-8,13,29H,4-6,9-12,14H2,1-3H3,(H,23,24,30). The number of nitrogens with one attached hydrogen (secondary N) is 1. The minimum absolute atomic E-state index is 0.0890. The molecule has 0 bridgehead atoms. The first kappa shape index (κ1) is 24.3. The molecule has 3 heterocycles. The molecule has 0 saturated carbocycles. The van der Waals surface area contributed by atoms with Crippen molar-refractivity contribution in [3.05, 3.63) is 34.2 Å². The number of nitrogens with zero attached hydrogens (tertiary/aromatic N) is 5. The van der Waals surface area contributed by atoms with Gasteiger partial charge in [-0.05, 0) is 31.5 Å². The van der Waals surface area contributed by atoms with Crippen molar-refractivity contribution in [2.75, 3.05) is 39.5 Å². The summed E-state index contributed by atoms with van der Waals surface area (Å²) in [6.45, 7) is 5.58. The maximum Gasteiger partial charge on any atom is 0.277 e. The molecule has 0 aliphatic carbocycles. The smallest absolute Gasteiger partial charge is 0.277 e. The average Bonchev–Trinajstić information content (AvgIpc) is 3.15. The van der Waals surface area contributed by atoms with Crippen LogP contribution in [0.1, 0.15) is 26.0 Å². The molecular weight excluding hydrogens is 460 g/mol. The summed E-state index contributed by atoms with van der Waals surface area (Å²) in [5.74, 6) is 0.656. The van der Waals surface area contributed by atoms with E-state index in [1.807, 2.05) is 13.8 Å². The second-order valence-corrected chi connectivity index (χ2v) is 10.1. The van der Waals surface area contributed by atoms with E-state index in [-0.39, 0.29) is 36.1 Å². The number of rotatable bonds is 8. The first-order valence-corrected chi connectivity index (χ1v) is 12.8. The molecule has 0 atom stereocenters. The van der Waals surface area contributed by atoms with Crippen molar-refractivity contribution in [2.24, 2.45) is 7.05 Å². The second-order valence-electron chi connectivity index (χ2n) is 8.19. The predicted molar refractivity (Wildman–Crippen MR) is 127 cm³/mol. The Balaban J connectivity index is 1.82. The van der Waals surface area contributed by atoms with Gasteiger partial charge in [-0.2, -0.15) is 9.40 Å². The number of aliphatic hydroxyl groups excluding tert-OH is 1. The van der Waals surface area contributed by atoms with Gasteiger partial charge in [0.2, 0.25) is 10.0 Å². The number of aromatic amines is 1. The van der Waals surface area contributed by atoms with Crippen LogP contribution < -0.4 is 10.3 Å². The third-order valence-electron chi connectivity index (χ3n) is 5.92. The first-order chi connectivity index (χ1) is 16.3. The van der Waals surface area contributed by atoms with E-state index < -0.39 is 10.0 Å². The number of piperazine rings is 1. The number of aromatic nitrogens is 4. The largest absolute Gasteiger partial charge is 0.493 e. The van der Waals surface area contributed by atoms with Gasteiger partial charge in [0.25, 0.3) is 5.56 Å². The third kappa shape index (κ3) is 4.45. The topological polar surface area (TPSA) is 134 Å². The summed E-state index contributed by atoms with van der Waals surface area (Å²) in [7, 11) is -2.09. The molecule has 0 unspecified atom stereocenters. The van der Waals surface area contributed by atoms with Crippen molar-refractivity contribution in [1.29, 1.82) is 0 Å². The molecule has 184 valence electrons. The summed E-state index contributed by atoms with van der Waals surface area (Å²) in [4.78, 5) is 22.3. The number of aryl methyl sites for hydroxylation is 2. The number of ether oxygens (including phenoxy) is 1. The van der Waals surface area contributed by atoms with E-state index in [0.29, 0.717) is 48.5 Å². The quantitative estimate of drug-likeness (QED) is 0.476. The molecule has 4 rings (SSSR count). The number of benzene rings is 1. The van der Waals surface area contributed by atoms with Crippen molar-refractivity contribution >= 4 is 21.1 Å². The van der Waals surface area contributed by atoms with Crippen molar-refractivity contribution in [1.82, 2.24) is 29.0 Å². The van der Waals surface area contributed by atoms with Crippen LogP contribution in [0.25, 0.3) is 22.4 Å². The lowest BCUT2D eigenvalue weighted by Gasteiger charge is -2.32. The molecule has 3 aromatic rings. The Morgan fingerprint density at radius 3 is 2.56 bits per heavy atom. The summed E-state index contributed by atoms with van der Waals surface area (Å²) in [6.07, 6.45) is 1.51. The second kappa shape index (κ2) is 9.82. The Hall–Kier alpha value is -2.80. The Bertz CT molecular complexity index is 1340. The number of fused-ring (bicyclic) bond motifs is 1. The SMILES string of the molecule is CCCc1nn(C)c2c(=O)[nH]c(-c3cc(S(=O)(=O)N4CCN(CO)CC4)ccc3OCC)nc12. The Labute approximate surface area is 198 Å². The summed E-state index contributed by atoms with van der Waals surface area (Å²) < 4.78 is 35.4. The normalized spacial score (nSPS) is 15.8. The van der Waals surface area contributed by atoms with Crippen LogP contribution in [-0.4, -0.2) is 82.0 Å². The van der Waals surface area contributed by atoms with Crippen molar-refractivity contribution in [2.45, 2.75) is 31.6 Å². The van der Waals surface area contributed by atoms with E-state index in [1.165, 1.54) is 21.1 Å². The summed E-state index contributed by atoms with van der Waals surface area (Å²) in [6, 6.07) is 4.60. The molecule has 11 nitrogen and oxygen atoms in total. The van der Waals surface area contributed by atoms with Crippen LogP contribution in [0.2, 0.25) is 0 Å². The van der Waals surface area contributed by atoms with Gasteiger partial charge in [0.15, 0.2) is 5.52 Å². The number of H-pyrrole nitrogens is 1. The van der Waals surface area contributed by atoms with E-state index in [2.05, 4.69) is 15.1 Å². The van der Waals surface area contributed by atoms with Gasteiger partial charge in [-0.3, -0.25) is 14.4 Å². The predicted octanol–water partition coefficient (Wildman–Crippen LogP) is 0.931. The molecule has 2 N–H and O–H groups in total. The third-order valence-corrected chi connectivity index (χ3v) is 7.82. The van der Waals surface area contributed by atoms with Gasteiger partial charge in [0.05, 0.1) is 29.5 Å². The van der Waals surface area contributed by atoms with Crippen LogP contribution in [0.15, 0.2) is 27.9 Å². The van der Waals surface area contributed by atoms with Crippen LogP contribution in [-0.2, 0) is 23.5 Å². The van der Waals surface area contributed by atoms with Gasteiger partial charge in [-0.15, -0.1) is 0 Å². The molecule has 0 spiro atoms. The molecule has 0 amide bonds. The summed E-state index contributed by atoms with van der Waals surface area (Å²) >= 11 is 0. The fraction of sp³-hybridized carbons (Fsp3) is 0.500. The van der Waals surface area contributed by atoms with Gasteiger partial charge in [-0.25, -0.2) is 13.4 Å². The fourth-order valence-electron chi connectivity index (χ4n) is 4.18. The van der Waals surface area contributed by atoms with Crippen LogP contribution in [0.5, 0.6) is 5.75 Å².